The number of esters is 1. The molecule has 1 amide bonds. The number of hydrogen-bond acceptors (Lipinski definition) is 7. The largest absolute Gasteiger partial charge is 0.492 e. The summed E-state index contributed by atoms with van der Waals surface area (Å²) in [5.74, 6) is -0.600. The highest BCUT2D eigenvalue weighted by Gasteiger charge is 2.52. The number of halogens is 1. The fraction of sp³-hybridized carbons (Fsp3) is 0.571. The molecule has 8 nitrogen and oxygen atoms in total. The molecule has 170 valence electrons. The minimum absolute atomic E-state index is 0.0352. The van der Waals surface area contributed by atoms with Gasteiger partial charge in [0.05, 0.1) is 23.9 Å². The Bertz CT molecular complexity index is 863. The molecule has 0 atom stereocenters. The average Bonchev–Trinajstić information content (AvgIpc) is 2.85. The summed E-state index contributed by atoms with van der Waals surface area (Å²) in [7, 11) is 0.541. The maximum absolute atomic E-state index is 12.2. The van der Waals surface area contributed by atoms with E-state index in [9.17, 15) is 9.59 Å². The van der Waals surface area contributed by atoms with Crippen molar-refractivity contribution < 1.29 is 28.4 Å². The molecule has 0 bridgehead atoms. The summed E-state index contributed by atoms with van der Waals surface area (Å²) >= 11 is 6.02. The van der Waals surface area contributed by atoms with Crippen LogP contribution in [0.5, 0.6) is 0 Å². The number of aromatic nitrogens is 1. The van der Waals surface area contributed by atoms with Gasteiger partial charge in [-0.05, 0) is 65.6 Å². The van der Waals surface area contributed by atoms with Crippen LogP contribution in [0.1, 0.15) is 64.4 Å². The van der Waals surface area contributed by atoms with Crippen molar-refractivity contribution >= 4 is 36.9 Å². The van der Waals surface area contributed by atoms with Crippen LogP contribution in [0.15, 0.2) is 17.7 Å². The second-order valence-corrected chi connectivity index (χ2v) is 9.62. The van der Waals surface area contributed by atoms with E-state index < -0.39 is 36.0 Å². The SMILES string of the molecule is COC(=O)c1cc(C=C(CNC(=O)OC(C)(C)C)B2OC(C)(C)C(C)(C)O2)cnc1Cl. The number of methoxy groups -OCH3 is 1. The van der Waals surface area contributed by atoms with E-state index in [4.69, 9.17) is 30.4 Å². The van der Waals surface area contributed by atoms with E-state index in [1.165, 1.54) is 13.3 Å². The maximum atomic E-state index is 12.2. The number of pyridine rings is 1. The number of nitrogens with zero attached hydrogens (tertiary/aromatic N) is 1. The highest BCUT2D eigenvalue weighted by atomic mass is 35.5. The number of nitrogens with one attached hydrogen (secondary N) is 1. The Morgan fingerprint density at radius 3 is 2.32 bits per heavy atom. The van der Waals surface area contributed by atoms with Crippen LogP contribution in [-0.2, 0) is 18.8 Å². The molecule has 10 heteroatoms. The Kier molecular flexibility index (Phi) is 7.45. The summed E-state index contributed by atoms with van der Waals surface area (Å²) in [5, 5.41) is 2.76. The molecule has 1 aliphatic rings. The fourth-order valence-corrected chi connectivity index (χ4v) is 2.88. The molecule has 1 aromatic heterocycles. The Balaban J connectivity index is 2.36. The van der Waals surface area contributed by atoms with Gasteiger partial charge in [0.25, 0.3) is 0 Å². The van der Waals surface area contributed by atoms with Crippen LogP contribution in [0.4, 0.5) is 4.79 Å². The van der Waals surface area contributed by atoms with E-state index >= 15 is 0 Å². The van der Waals surface area contributed by atoms with Crippen molar-refractivity contribution in [2.75, 3.05) is 13.7 Å². The Labute approximate surface area is 188 Å². The van der Waals surface area contributed by atoms with Crippen LogP contribution >= 0.6 is 11.6 Å². The van der Waals surface area contributed by atoms with Gasteiger partial charge in [-0.25, -0.2) is 14.6 Å². The molecule has 2 heterocycles. The van der Waals surface area contributed by atoms with E-state index in [0.29, 0.717) is 11.0 Å². The molecule has 0 radical (unpaired) electrons. The number of rotatable bonds is 5. The van der Waals surface area contributed by atoms with Crippen molar-refractivity contribution in [3.05, 3.63) is 34.0 Å². The van der Waals surface area contributed by atoms with Gasteiger partial charge in [-0.2, -0.15) is 0 Å². The molecule has 0 aromatic carbocycles. The fourth-order valence-electron chi connectivity index (χ4n) is 2.70. The van der Waals surface area contributed by atoms with Gasteiger partial charge in [-0.3, -0.25) is 0 Å². The minimum atomic E-state index is -0.725. The lowest BCUT2D eigenvalue weighted by molar-refractivity contribution is 0.00578. The lowest BCUT2D eigenvalue weighted by Crippen LogP contribution is -2.41. The van der Waals surface area contributed by atoms with Gasteiger partial charge in [-0.15, -0.1) is 0 Å². The van der Waals surface area contributed by atoms with Gasteiger partial charge in [0.1, 0.15) is 10.8 Å². The third-order valence-electron chi connectivity index (χ3n) is 5.01. The lowest BCUT2D eigenvalue weighted by Gasteiger charge is -2.32. The third kappa shape index (κ3) is 6.44. The number of carbonyl (C=O) groups excluding carboxylic acids is 2. The number of alkyl carbamates (subject to hydrolysis) is 1. The standard InChI is InChI=1S/C21H30BClN2O6/c1-19(2,3)29-18(27)25-12-14(22-30-20(4,5)21(6,7)31-22)9-13-10-15(17(26)28-8)16(23)24-11-13/h9-11H,12H2,1-8H3,(H,25,27). The molecule has 0 unspecified atom stereocenters. The van der Waals surface area contributed by atoms with Crippen molar-refractivity contribution in [3.8, 4) is 0 Å². The number of ether oxygens (including phenoxy) is 2. The molecule has 1 aliphatic heterocycles. The van der Waals surface area contributed by atoms with Crippen LogP contribution in [0, 0.1) is 0 Å². The molecule has 1 N–H and O–H groups in total. The van der Waals surface area contributed by atoms with E-state index in [-0.39, 0.29) is 17.3 Å². The first-order valence-electron chi connectivity index (χ1n) is 9.92. The second-order valence-electron chi connectivity index (χ2n) is 9.26. The zero-order valence-electron chi connectivity index (χ0n) is 19.3. The minimum Gasteiger partial charge on any atom is -0.465 e. The summed E-state index contributed by atoms with van der Waals surface area (Å²) in [5.41, 5.74) is -0.458. The van der Waals surface area contributed by atoms with E-state index in [1.54, 1.807) is 32.9 Å². The smallest absolute Gasteiger partial charge is 0.465 e. The molecule has 0 saturated carbocycles. The second kappa shape index (κ2) is 9.18. The van der Waals surface area contributed by atoms with Crippen molar-refractivity contribution in [2.24, 2.45) is 0 Å². The summed E-state index contributed by atoms with van der Waals surface area (Å²) in [6.45, 7) is 13.2. The summed E-state index contributed by atoms with van der Waals surface area (Å²) in [6.07, 6.45) is 2.67. The number of carbonyl (C=O) groups is 2. The van der Waals surface area contributed by atoms with Gasteiger partial charge < -0.3 is 24.1 Å². The van der Waals surface area contributed by atoms with E-state index in [1.807, 2.05) is 27.7 Å². The van der Waals surface area contributed by atoms with Crippen molar-refractivity contribution in [1.29, 1.82) is 0 Å². The number of hydrogen-bond donors (Lipinski definition) is 1. The third-order valence-corrected chi connectivity index (χ3v) is 5.31. The average molecular weight is 453 g/mol. The molecule has 31 heavy (non-hydrogen) atoms. The van der Waals surface area contributed by atoms with Gasteiger partial charge in [0.15, 0.2) is 0 Å². The monoisotopic (exact) mass is 452 g/mol. The van der Waals surface area contributed by atoms with Crippen LogP contribution in [0.25, 0.3) is 6.08 Å². The molecule has 1 saturated heterocycles. The highest BCUT2D eigenvalue weighted by Crippen LogP contribution is 2.38. The van der Waals surface area contributed by atoms with Crippen LogP contribution in [0.3, 0.4) is 0 Å². The van der Waals surface area contributed by atoms with E-state index in [2.05, 4.69) is 10.3 Å². The van der Waals surface area contributed by atoms with Crippen molar-refractivity contribution in [3.63, 3.8) is 0 Å². The lowest BCUT2D eigenvalue weighted by atomic mass is 9.77. The Morgan fingerprint density at radius 2 is 1.81 bits per heavy atom. The maximum Gasteiger partial charge on any atom is 0.492 e. The van der Waals surface area contributed by atoms with Gasteiger partial charge in [0.2, 0.25) is 0 Å². The highest BCUT2D eigenvalue weighted by molar-refractivity contribution is 6.56. The molecular weight excluding hydrogens is 423 g/mol. The molecule has 0 aliphatic carbocycles. The molecule has 1 fully saturated rings. The molecule has 1 aromatic rings. The zero-order valence-corrected chi connectivity index (χ0v) is 20.0. The quantitative estimate of drug-likeness (QED) is 0.409. The van der Waals surface area contributed by atoms with Crippen LogP contribution in [0.2, 0.25) is 5.15 Å². The molecule has 0 spiro atoms. The van der Waals surface area contributed by atoms with Gasteiger partial charge >= 0.3 is 19.2 Å². The van der Waals surface area contributed by atoms with Crippen molar-refractivity contribution in [1.82, 2.24) is 10.3 Å². The predicted molar refractivity (Wildman–Crippen MR) is 119 cm³/mol. The summed E-state index contributed by atoms with van der Waals surface area (Å²) in [4.78, 5) is 28.2. The van der Waals surface area contributed by atoms with Crippen LogP contribution in [-0.4, -0.2) is 54.6 Å². The molecular formula is C21H30BClN2O6. The predicted octanol–water partition coefficient (Wildman–Crippen LogP) is 4.06. The first-order chi connectivity index (χ1) is 14.1. The molecule has 2 rings (SSSR count). The zero-order chi connectivity index (χ0) is 23.6. The summed E-state index contributed by atoms with van der Waals surface area (Å²) < 4.78 is 22.3. The van der Waals surface area contributed by atoms with E-state index in [0.717, 1.165) is 0 Å². The number of amides is 1. The first kappa shape index (κ1) is 25.2. The topological polar surface area (TPSA) is 96.0 Å². The summed E-state index contributed by atoms with van der Waals surface area (Å²) in [6, 6.07) is 1.56. The van der Waals surface area contributed by atoms with Gasteiger partial charge in [-0.1, -0.05) is 17.7 Å². The Morgan fingerprint density at radius 1 is 1.23 bits per heavy atom. The van der Waals surface area contributed by atoms with Crippen molar-refractivity contribution in [2.45, 2.75) is 65.3 Å². The Hall–Kier alpha value is -2.10. The first-order valence-corrected chi connectivity index (χ1v) is 10.3. The van der Waals surface area contributed by atoms with Crippen LogP contribution < -0.4 is 5.32 Å². The van der Waals surface area contributed by atoms with Gasteiger partial charge in [0, 0.05) is 12.7 Å². The normalized spacial score (nSPS) is 18.0.